The molecule has 0 heterocycles. The topological polar surface area (TPSA) is 20.2 Å². The number of hydrogen-bond acceptors (Lipinski definition) is 1. The fraction of sp³-hybridized carbons (Fsp3) is 0.350. The first-order valence-corrected chi connectivity index (χ1v) is 14.7. The predicted molar refractivity (Wildman–Crippen MR) is 185 cm³/mol. The molecule has 0 fully saturated rings. The molecular weight excluding hydrogens is 496 g/mol. The van der Waals surface area contributed by atoms with E-state index in [2.05, 4.69) is 179 Å². The lowest BCUT2D eigenvalue weighted by atomic mass is 9.71. The van der Waals surface area contributed by atoms with Gasteiger partial charge >= 0.3 is 0 Å². The Morgan fingerprint density at radius 1 is 0.585 bits per heavy atom. The Balaban J connectivity index is 2.63. The van der Waals surface area contributed by atoms with Crippen molar-refractivity contribution in [3.63, 3.8) is 0 Å². The van der Waals surface area contributed by atoms with Gasteiger partial charge in [0.2, 0.25) is 0 Å². The molecule has 0 radical (unpaired) electrons. The second-order valence-corrected chi connectivity index (χ2v) is 12.1. The van der Waals surface area contributed by atoms with E-state index in [0.717, 1.165) is 12.8 Å². The Bertz CT molecular complexity index is 1260. The molecule has 1 atom stereocenters. The molecule has 1 heteroatoms. The van der Waals surface area contributed by atoms with Crippen LogP contribution in [0.4, 0.5) is 0 Å². The van der Waals surface area contributed by atoms with Crippen molar-refractivity contribution >= 4 is 0 Å². The Morgan fingerprint density at radius 2 is 0.951 bits per heavy atom. The number of allylic oxidation sites excluding steroid dienone is 25. The summed E-state index contributed by atoms with van der Waals surface area (Å²) in [4.78, 5) is 0. The molecule has 1 aliphatic carbocycles. The number of rotatable bonds is 12. The van der Waals surface area contributed by atoms with E-state index in [-0.39, 0.29) is 11.5 Å². The lowest BCUT2D eigenvalue weighted by molar-refractivity contribution is 0.116. The van der Waals surface area contributed by atoms with Crippen molar-refractivity contribution in [1.29, 1.82) is 0 Å². The molecule has 1 unspecified atom stereocenters. The molecule has 0 saturated heterocycles. The lowest BCUT2D eigenvalue weighted by Crippen LogP contribution is -2.28. The van der Waals surface area contributed by atoms with Crippen LogP contribution in [0.3, 0.4) is 0 Å². The number of aliphatic hydroxyl groups excluding tert-OH is 1. The molecule has 0 aromatic rings. The van der Waals surface area contributed by atoms with Gasteiger partial charge in [0, 0.05) is 0 Å². The Kier molecular flexibility index (Phi) is 16.4. The van der Waals surface area contributed by atoms with Gasteiger partial charge in [0.05, 0.1) is 6.10 Å². The quantitative estimate of drug-likeness (QED) is 0.240. The summed E-state index contributed by atoms with van der Waals surface area (Å²) in [6.45, 7) is 21.3. The summed E-state index contributed by atoms with van der Waals surface area (Å²) in [5.41, 5.74) is 9.97. The highest BCUT2D eigenvalue weighted by Crippen LogP contribution is 2.41. The van der Waals surface area contributed by atoms with Gasteiger partial charge in [-0.1, -0.05) is 162 Å². The molecule has 1 N–H and O–H groups in total. The fourth-order valence-corrected chi connectivity index (χ4v) is 4.53. The first kappa shape index (κ1) is 35.6. The third-order valence-corrected chi connectivity index (χ3v) is 6.76. The molecule has 0 aromatic heterocycles. The molecule has 0 spiro atoms. The highest BCUT2D eigenvalue weighted by Gasteiger charge is 2.31. The minimum absolute atomic E-state index is 0.00964. The summed E-state index contributed by atoms with van der Waals surface area (Å²) in [6, 6.07) is 0. The zero-order valence-electron chi connectivity index (χ0n) is 27.3. The van der Waals surface area contributed by atoms with Crippen molar-refractivity contribution in [2.24, 2.45) is 5.41 Å². The second-order valence-electron chi connectivity index (χ2n) is 12.1. The van der Waals surface area contributed by atoms with Crippen LogP contribution in [0.5, 0.6) is 0 Å². The molecule has 1 aliphatic rings. The molecule has 0 amide bonds. The van der Waals surface area contributed by atoms with Crippen LogP contribution in [-0.2, 0) is 0 Å². The van der Waals surface area contributed by atoms with Crippen molar-refractivity contribution in [2.45, 2.75) is 88.2 Å². The summed E-state index contributed by atoms with van der Waals surface area (Å²) >= 11 is 0. The van der Waals surface area contributed by atoms with Crippen LogP contribution in [-0.4, -0.2) is 11.2 Å². The second kappa shape index (κ2) is 18.8. The lowest BCUT2D eigenvalue weighted by Gasteiger charge is -2.35. The maximum atomic E-state index is 10.1. The van der Waals surface area contributed by atoms with Crippen LogP contribution >= 0.6 is 0 Å². The van der Waals surface area contributed by atoms with Gasteiger partial charge < -0.3 is 5.11 Å². The van der Waals surface area contributed by atoms with E-state index in [9.17, 15) is 5.11 Å². The Labute approximate surface area is 252 Å². The van der Waals surface area contributed by atoms with Gasteiger partial charge in [0.25, 0.3) is 0 Å². The van der Waals surface area contributed by atoms with E-state index in [1.807, 2.05) is 0 Å². The largest absolute Gasteiger partial charge is 0.393 e. The monoisotopic (exact) mass is 550 g/mol. The molecule has 0 aromatic carbocycles. The summed E-state index contributed by atoms with van der Waals surface area (Å²) in [7, 11) is 0. The Morgan fingerprint density at radius 3 is 1.34 bits per heavy atom. The molecule has 1 rings (SSSR count). The van der Waals surface area contributed by atoms with Crippen LogP contribution in [0.2, 0.25) is 0 Å². The van der Waals surface area contributed by atoms with E-state index in [0.29, 0.717) is 0 Å². The van der Waals surface area contributed by atoms with Gasteiger partial charge in [-0.25, -0.2) is 0 Å². The first-order valence-electron chi connectivity index (χ1n) is 14.7. The maximum absolute atomic E-state index is 10.1. The van der Waals surface area contributed by atoms with E-state index in [4.69, 9.17) is 0 Å². The van der Waals surface area contributed by atoms with Gasteiger partial charge in [-0.3, -0.25) is 0 Å². The summed E-state index contributed by atoms with van der Waals surface area (Å²) in [6.07, 6.45) is 39.5. The van der Waals surface area contributed by atoms with E-state index >= 15 is 0 Å². The summed E-state index contributed by atoms with van der Waals surface area (Å²) in [5, 5.41) is 10.1. The summed E-state index contributed by atoms with van der Waals surface area (Å²) in [5.74, 6) is 0. The normalized spacial score (nSPS) is 20.4. The minimum atomic E-state index is -0.223. The van der Waals surface area contributed by atoms with Crippen molar-refractivity contribution in [3.05, 3.63) is 154 Å². The van der Waals surface area contributed by atoms with E-state index in [1.165, 1.54) is 44.6 Å². The average Bonchev–Trinajstić information content (AvgIpc) is 2.85. The third-order valence-electron chi connectivity index (χ3n) is 6.76. The van der Waals surface area contributed by atoms with Gasteiger partial charge in [-0.05, 0) is 79.2 Å². The predicted octanol–water partition coefficient (Wildman–Crippen LogP) is 11.5. The minimum Gasteiger partial charge on any atom is -0.393 e. The molecule has 41 heavy (non-hydrogen) atoms. The molecule has 1 nitrogen and oxygen atoms in total. The van der Waals surface area contributed by atoms with Crippen LogP contribution < -0.4 is 0 Å². The van der Waals surface area contributed by atoms with Gasteiger partial charge in [-0.2, -0.15) is 0 Å². The molecular formula is C40H54O. The average molecular weight is 551 g/mol. The fourth-order valence-electron chi connectivity index (χ4n) is 4.53. The molecule has 0 bridgehead atoms. The van der Waals surface area contributed by atoms with Crippen molar-refractivity contribution in [3.8, 4) is 0 Å². The standard InChI is InChI=1S/C40H54O/c1-31(2)17-13-20-34(5)23-15-25-35(6)24-14-21-32(3)18-11-12-19-33(4)22-16-26-36(7)27-28-39-37(8)29-38(41)30-40(39,9)10/h11-28,38,41H,29-30H2,1-10H3. The van der Waals surface area contributed by atoms with Crippen molar-refractivity contribution in [1.82, 2.24) is 0 Å². The molecule has 220 valence electrons. The first-order chi connectivity index (χ1) is 19.3. The van der Waals surface area contributed by atoms with Crippen LogP contribution in [0.1, 0.15) is 82.1 Å². The van der Waals surface area contributed by atoms with Crippen LogP contribution in [0.25, 0.3) is 0 Å². The van der Waals surface area contributed by atoms with Crippen molar-refractivity contribution < 1.29 is 5.11 Å². The number of aliphatic hydroxyl groups is 1. The molecule has 0 aliphatic heterocycles. The van der Waals surface area contributed by atoms with Gasteiger partial charge in [0.1, 0.15) is 0 Å². The maximum Gasteiger partial charge on any atom is 0.0585 e. The third kappa shape index (κ3) is 16.4. The SMILES string of the molecule is CC(C)=CC=CC(C)=CC=CC(C)=CC=CC(C)=CC=CC=C(C)C=CC=C(C)C=CC1=C(C)CC(O)CC1(C)C. The summed E-state index contributed by atoms with van der Waals surface area (Å²) < 4.78 is 0. The zero-order valence-corrected chi connectivity index (χ0v) is 27.3. The zero-order chi connectivity index (χ0) is 30.8. The molecule has 0 saturated carbocycles. The van der Waals surface area contributed by atoms with Crippen molar-refractivity contribution in [2.75, 3.05) is 0 Å². The number of hydrogen-bond donors (Lipinski definition) is 1. The Hall–Kier alpha value is -3.42. The van der Waals surface area contributed by atoms with E-state index in [1.54, 1.807) is 0 Å². The van der Waals surface area contributed by atoms with Gasteiger partial charge in [-0.15, -0.1) is 0 Å². The van der Waals surface area contributed by atoms with Crippen LogP contribution in [0, 0.1) is 5.41 Å². The van der Waals surface area contributed by atoms with Crippen LogP contribution in [0.15, 0.2) is 154 Å². The van der Waals surface area contributed by atoms with E-state index < -0.39 is 0 Å². The van der Waals surface area contributed by atoms with Gasteiger partial charge in [0.15, 0.2) is 0 Å². The highest BCUT2D eigenvalue weighted by atomic mass is 16.3. The highest BCUT2D eigenvalue weighted by molar-refractivity contribution is 5.38. The smallest absolute Gasteiger partial charge is 0.0585 e.